The van der Waals surface area contributed by atoms with Crippen LogP contribution in [0, 0.1) is 11.7 Å². The number of halogens is 1. The second-order valence-electron chi connectivity index (χ2n) is 9.90. The summed E-state index contributed by atoms with van der Waals surface area (Å²) in [6, 6.07) is 2.34. The van der Waals surface area contributed by atoms with Gasteiger partial charge in [0.15, 0.2) is 5.82 Å². The average molecular weight is 483 g/mol. The number of rotatable bonds is 6. The summed E-state index contributed by atoms with van der Waals surface area (Å²) in [6.07, 6.45) is 9.45. The monoisotopic (exact) mass is 482 g/mol. The van der Waals surface area contributed by atoms with Gasteiger partial charge in [-0.05, 0) is 59.0 Å². The second-order valence-corrected chi connectivity index (χ2v) is 9.90. The number of aromatic nitrogens is 5. The Bertz CT molecular complexity index is 1160. The summed E-state index contributed by atoms with van der Waals surface area (Å²) >= 11 is 0. The molecule has 2 aliphatic heterocycles. The molecule has 5 heterocycles. The molecule has 0 bridgehead atoms. The fraction of sp³-hybridized carbons (Fsp3) is 0.577. The molecule has 1 atom stereocenters. The highest BCUT2D eigenvalue weighted by atomic mass is 19.1. The number of nitrogens with zero attached hydrogens (tertiary/aromatic N) is 6. The van der Waals surface area contributed by atoms with Crippen molar-refractivity contribution in [1.82, 2.24) is 29.4 Å². The van der Waals surface area contributed by atoms with E-state index in [9.17, 15) is 4.39 Å². The quantitative estimate of drug-likeness (QED) is 0.527. The lowest BCUT2D eigenvalue weighted by atomic mass is 9.90. The van der Waals surface area contributed by atoms with Gasteiger partial charge in [0.2, 0.25) is 5.88 Å². The molecule has 188 valence electrons. The molecule has 1 unspecified atom stereocenters. The molecular weight excluding hydrogens is 447 g/mol. The van der Waals surface area contributed by atoms with Gasteiger partial charge in [-0.1, -0.05) is 0 Å². The number of ether oxygens (including phenoxy) is 2. The van der Waals surface area contributed by atoms with Crippen LogP contribution in [-0.2, 0) is 17.6 Å². The highest BCUT2D eigenvalue weighted by molar-refractivity contribution is 5.64. The molecule has 8 nitrogen and oxygen atoms in total. The SMILES string of the molecule is COc1ncc(-n2nc(-c3cnn(C(C)C4CCN(C(C)C)CC4)c3)c3c2CCOCC3)cc1F. The Kier molecular flexibility index (Phi) is 6.88. The minimum absolute atomic E-state index is 0.0231. The Morgan fingerprint density at radius 2 is 1.89 bits per heavy atom. The number of piperidine rings is 1. The maximum Gasteiger partial charge on any atom is 0.250 e. The van der Waals surface area contributed by atoms with Crippen molar-refractivity contribution in [2.75, 3.05) is 33.4 Å². The van der Waals surface area contributed by atoms with Crippen molar-refractivity contribution in [3.05, 3.63) is 41.7 Å². The van der Waals surface area contributed by atoms with E-state index in [1.54, 1.807) is 10.9 Å². The van der Waals surface area contributed by atoms with Crippen LogP contribution in [0.1, 0.15) is 50.9 Å². The van der Waals surface area contributed by atoms with Crippen molar-refractivity contribution < 1.29 is 13.9 Å². The minimum Gasteiger partial charge on any atom is -0.479 e. The van der Waals surface area contributed by atoms with E-state index >= 15 is 0 Å². The molecule has 0 amide bonds. The van der Waals surface area contributed by atoms with Crippen LogP contribution in [0.4, 0.5) is 4.39 Å². The van der Waals surface area contributed by atoms with E-state index in [2.05, 4.69) is 41.5 Å². The van der Waals surface area contributed by atoms with E-state index in [1.807, 2.05) is 6.20 Å². The van der Waals surface area contributed by atoms with Gasteiger partial charge in [-0.2, -0.15) is 10.2 Å². The van der Waals surface area contributed by atoms with Crippen molar-refractivity contribution in [3.8, 4) is 22.8 Å². The molecule has 0 saturated carbocycles. The molecule has 0 N–H and O–H groups in total. The van der Waals surface area contributed by atoms with Crippen LogP contribution in [-0.4, -0.2) is 68.9 Å². The molecule has 2 aliphatic rings. The predicted octanol–water partition coefficient (Wildman–Crippen LogP) is 4.08. The van der Waals surface area contributed by atoms with Crippen molar-refractivity contribution in [3.63, 3.8) is 0 Å². The molecular formula is C26H35FN6O2. The van der Waals surface area contributed by atoms with E-state index in [-0.39, 0.29) is 5.88 Å². The molecule has 1 fully saturated rings. The van der Waals surface area contributed by atoms with Crippen molar-refractivity contribution in [2.24, 2.45) is 5.92 Å². The fourth-order valence-electron chi connectivity index (χ4n) is 5.39. The van der Waals surface area contributed by atoms with E-state index in [0.717, 1.165) is 42.0 Å². The van der Waals surface area contributed by atoms with E-state index in [4.69, 9.17) is 19.7 Å². The molecule has 1 saturated heterocycles. The molecule has 35 heavy (non-hydrogen) atoms. The standard InChI is InChI=1S/C26H35FN6O2/c1-17(2)31-9-5-19(6-10-31)18(3)32-16-20(14-29-32)25-22-7-11-35-12-8-24(22)33(30-25)21-13-23(27)26(34-4)28-15-21/h13-19H,5-12H2,1-4H3. The number of pyridine rings is 1. The van der Waals surface area contributed by atoms with Gasteiger partial charge in [0, 0.05) is 35.9 Å². The van der Waals surface area contributed by atoms with E-state index < -0.39 is 5.82 Å². The normalized spacial score (nSPS) is 18.5. The summed E-state index contributed by atoms with van der Waals surface area (Å²) in [6.45, 7) is 10.3. The lowest BCUT2D eigenvalue weighted by Gasteiger charge is -2.37. The van der Waals surface area contributed by atoms with Crippen LogP contribution in [0.2, 0.25) is 0 Å². The van der Waals surface area contributed by atoms with Crippen LogP contribution < -0.4 is 4.74 Å². The smallest absolute Gasteiger partial charge is 0.250 e. The highest BCUT2D eigenvalue weighted by Gasteiger charge is 2.28. The van der Waals surface area contributed by atoms with Crippen molar-refractivity contribution in [1.29, 1.82) is 0 Å². The van der Waals surface area contributed by atoms with Gasteiger partial charge in [0.1, 0.15) is 0 Å². The molecule has 9 heteroatoms. The number of methoxy groups -OCH3 is 1. The van der Waals surface area contributed by atoms with Crippen LogP contribution in [0.15, 0.2) is 24.7 Å². The number of fused-ring (bicyclic) bond motifs is 1. The van der Waals surface area contributed by atoms with Gasteiger partial charge in [0.05, 0.1) is 55.8 Å². The predicted molar refractivity (Wildman–Crippen MR) is 131 cm³/mol. The summed E-state index contributed by atoms with van der Waals surface area (Å²) in [5, 5.41) is 9.69. The Hall–Kier alpha value is -2.78. The highest BCUT2D eigenvalue weighted by Crippen LogP contribution is 2.33. The Morgan fingerprint density at radius 3 is 2.60 bits per heavy atom. The van der Waals surface area contributed by atoms with Crippen LogP contribution in [0.5, 0.6) is 5.88 Å². The summed E-state index contributed by atoms with van der Waals surface area (Å²) in [5.74, 6) is 0.0741. The summed E-state index contributed by atoms with van der Waals surface area (Å²) < 4.78 is 29.1. The van der Waals surface area contributed by atoms with Crippen molar-refractivity contribution >= 4 is 0 Å². The van der Waals surface area contributed by atoms with Gasteiger partial charge in [-0.3, -0.25) is 4.68 Å². The zero-order valence-corrected chi connectivity index (χ0v) is 21.1. The topological polar surface area (TPSA) is 70.2 Å². The molecule has 0 spiro atoms. The van der Waals surface area contributed by atoms with Crippen LogP contribution in [0.25, 0.3) is 16.9 Å². The third-order valence-electron chi connectivity index (χ3n) is 7.58. The minimum atomic E-state index is -0.508. The summed E-state index contributed by atoms with van der Waals surface area (Å²) in [4.78, 5) is 6.67. The third kappa shape index (κ3) is 4.71. The third-order valence-corrected chi connectivity index (χ3v) is 7.58. The van der Waals surface area contributed by atoms with E-state index in [0.29, 0.717) is 43.3 Å². The first-order valence-corrected chi connectivity index (χ1v) is 12.6. The zero-order valence-electron chi connectivity index (χ0n) is 21.1. The first-order chi connectivity index (χ1) is 17.0. The van der Waals surface area contributed by atoms with Gasteiger partial charge in [-0.25, -0.2) is 14.1 Å². The van der Waals surface area contributed by atoms with Gasteiger partial charge in [0.25, 0.3) is 0 Å². The summed E-state index contributed by atoms with van der Waals surface area (Å²) in [5.41, 5.74) is 4.61. The van der Waals surface area contributed by atoms with Gasteiger partial charge < -0.3 is 14.4 Å². The molecule has 5 rings (SSSR count). The van der Waals surface area contributed by atoms with E-state index in [1.165, 1.54) is 26.0 Å². The zero-order chi connectivity index (χ0) is 24.5. The maximum absolute atomic E-state index is 14.4. The van der Waals surface area contributed by atoms with Crippen LogP contribution >= 0.6 is 0 Å². The number of hydrogen-bond acceptors (Lipinski definition) is 6. The van der Waals surface area contributed by atoms with Gasteiger partial charge in [-0.15, -0.1) is 0 Å². The molecule has 3 aromatic heterocycles. The van der Waals surface area contributed by atoms with Crippen molar-refractivity contribution in [2.45, 2.75) is 58.5 Å². The Labute approximate surface area is 206 Å². The lowest BCUT2D eigenvalue weighted by Crippen LogP contribution is -2.40. The summed E-state index contributed by atoms with van der Waals surface area (Å²) in [7, 11) is 1.41. The fourth-order valence-corrected chi connectivity index (χ4v) is 5.39. The number of likely N-dealkylation sites (tertiary alicyclic amines) is 1. The molecule has 0 aliphatic carbocycles. The molecule has 0 radical (unpaired) electrons. The van der Waals surface area contributed by atoms with Gasteiger partial charge >= 0.3 is 0 Å². The second kappa shape index (κ2) is 10.1. The average Bonchev–Trinajstić information content (AvgIpc) is 3.41. The largest absolute Gasteiger partial charge is 0.479 e. The lowest BCUT2D eigenvalue weighted by molar-refractivity contribution is 0.124. The Balaban J connectivity index is 1.44. The Morgan fingerprint density at radius 1 is 1.11 bits per heavy atom. The molecule has 3 aromatic rings. The first kappa shape index (κ1) is 23.9. The maximum atomic E-state index is 14.4. The van der Waals surface area contributed by atoms with Crippen LogP contribution in [0.3, 0.4) is 0 Å². The first-order valence-electron chi connectivity index (χ1n) is 12.6. The molecule has 0 aromatic carbocycles. The number of hydrogen-bond donors (Lipinski definition) is 0.